The van der Waals surface area contributed by atoms with Crippen molar-refractivity contribution < 1.29 is 4.79 Å². The highest BCUT2D eigenvalue weighted by molar-refractivity contribution is 5.80. The van der Waals surface area contributed by atoms with E-state index in [0.29, 0.717) is 0 Å². The summed E-state index contributed by atoms with van der Waals surface area (Å²) in [4.78, 5) is 11.1. The van der Waals surface area contributed by atoms with Gasteiger partial charge in [0, 0.05) is 7.05 Å². The number of hydrogen-bond donors (Lipinski definition) is 2. The summed E-state index contributed by atoms with van der Waals surface area (Å²) in [6.45, 7) is 2.86. The van der Waals surface area contributed by atoms with Gasteiger partial charge < -0.3 is 10.6 Å². The van der Waals surface area contributed by atoms with Crippen LogP contribution in [0.4, 0.5) is 0 Å². The third-order valence-electron chi connectivity index (χ3n) is 2.58. The molecule has 0 heterocycles. The summed E-state index contributed by atoms with van der Waals surface area (Å²) in [5.74, 6) is 1.07. The van der Waals surface area contributed by atoms with Crippen LogP contribution in [-0.4, -0.2) is 25.5 Å². The molecule has 0 spiro atoms. The molecule has 13 heavy (non-hydrogen) atoms. The molecule has 0 aromatic carbocycles. The maximum Gasteiger partial charge on any atom is 0.236 e. The van der Waals surface area contributed by atoms with Crippen LogP contribution >= 0.6 is 0 Å². The predicted molar refractivity (Wildman–Crippen MR) is 53.5 cm³/mol. The zero-order valence-electron chi connectivity index (χ0n) is 8.60. The fraction of sp³-hybridized carbons (Fsp3) is 0.900. The Bertz CT molecular complexity index is 166. The molecule has 0 aromatic rings. The van der Waals surface area contributed by atoms with Gasteiger partial charge in [0.05, 0.1) is 6.04 Å². The summed E-state index contributed by atoms with van der Waals surface area (Å²) in [5.41, 5.74) is 0. The molecule has 0 radical (unpaired) electrons. The zero-order valence-corrected chi connectivity index (χ0v) is 8.60. The molecule has 1 unspecified atom stereocenters. The second-order valence-corrected chi connectivity index (χ2v) is 3.88. The topological polar surface area (TPSA) is 41.1 Å². The second kappa shape index (κ2) is 5.22. The summed E-state index contributed by atoms with van der Waals surface area (Å²) in [5, 5.41) is 5.83. The van der Waals surface area contributed by atoms with Gasteiger partial charge in [0.15, 0.2) is 0 Å². The van der Waals surface area contributed by atoms with Crippen molar-refractivity contribution in [1.29, 1.82) is 0 Å². The summed E-state index contributed by atoms with van der Waals surface area (Å²) < 4.78 is 0. The Labute approximate surface area is 80.3 Å². The number of nitrogens with one attached hydrogen (secondary N) is 2. The molecule has 1 fully saturated rings. The summed E-state index contributed by atoms with van der Waals surface area (Å²) in [6.07, 6.45) is 5.37. The van der Waals surface area contributed by atoms with E-state index in [9.17, 15) is 4.79 Å². The number of carbonyl (C=O) groups is 1. The minimum Gasteiger partial charge on any atom is -0.358 e. The standard InChI is InChI=1S/C10H20N2O/c1-8(10(13)11-2)12-7-3-4-9-5-6-9/h8-9,12H,3-7H2,1-2H3,(H,11,13). The van der Waals surface area contributed by atoms with Crippen molar-refractivity contribution in [1.82, 2.24) is 10.6 Å². The number of likely N-dealkylation sites (N-methyl/N-ethyl adjacent to an activating group) is 1. The first-order valence-electron chi connectivity index (χ1n) is 5.19. The van der Waals surface area contributed by atoms with Crippen LogP contribution in [0.2, 0.25) is 0 Å². The van der Waals surface area contributed by atoms with Crippen LogP contribution in [0.25, 0.3) is 0 Å². The van der Waals surface area contributed by atoms with Gasteiger partial charge >= 0.3 is 0 Å². The highest BCUT2D eigenvalue weighted by Gasteiger charge is 2.20. The minimum absolute atomic E-state index is 0.0517. The van der Waals surface area contributed by atoms with E-state index in [0.717, 1.165) is 12.5 Å². The van der Waals surface area contributed by atoms with Crippen LogP contribution < -0.4 is 10.6 Å². The van der Waals surface area contributed by atoms with Gasteiger partial charge in [-0.1, -0.05) is 12.8 Å². The average molecular weight is 184 g/mol. The van der Waals surface area contributed by atoms with E-state index in [2.05, 4.69) is 10.6 Å². The maximum atomic E-state index is 11.1. The van der Waals surface area contributed by atoms with Crippen LogP contribution in [0.3, 0.4) is 0 Å². The van der Waals surface area contributed by atoms with E-state index in [1.54, 1.807) is 7.05 Å². The monoisotopic (exact) mass is 184 g/mol. The molecular formula is C10H20N2O. The van der Waals surface area contributed by atoms with Gasteiger partial charge in [-0.25, -0.2) is 0 Å². The van der Waals surface area contributed by atoms with E-state index in [1.807, 2.05) is 6.92 Å². The lowest BCUT2D eigenvalue weighted by atomic mass is 10.2. The van der Waals surface area contributed by atoms with E-state index in [4.69, 9.17) is 0 Å². The van der Waals surface area contributed by atoms with Gasteiger partial charge in [0.2, 0.25) is 5.91 Å². The first-order chi connectivity index (χ1) is 6.24. The molecule has 3 nitrogen and oxygen atoms in total. The van der Waals surface area contributed by atoms with E-state index < -0.39 is 0 Å². The second-order valence-electron chi connectivity index (χ2n) is 3.88. The van der Waals surface area contributed by atoms with Crippen LogP contribution in [0.5, 0.6) is 0 Å². The highest BCUT2D eigenvalue weighted by atomic mass is 16.2. The van der Waals surface area contributed by atoms with Crippen molar-refractivity contribution in [2.45, 2.75) is 38.6 Å². The molecule has 1 aliphatic carbocycles. The molecule has 1 atom stereocenters. The van der Waals surface area contributed by atoms with Crippen LogP contribution in [0, 0.1) is 5.92 Å². The fourth-order valence-corrected chi connectivity index (χ4v) is 1.43. The Balaban J connectivity index is 1.93. The zero-order chi connectivity index (χ0) is 9.68. The summed E-state index contributed by atoms with van der Waals surface area (Å²) >= 11 is 0. The Morgan fingerprint density at radius 3 is 2.77 bits per heavy atom. The Morgan fingerprint density at radius 1 is 1.54 bits per heavy atom. The SMILES string of the molecule is CNC(=O)C(C)NCCCC1CC1. The Morgan fingerprint density at radius 2 is 2.23 bits per heavy atom. The number of carbonyl (C=O) groups excluding carboxylic acids is 1. The van der Waals surface area contributed by atoms with E-state index >= 15 is 0 Å². The molecule has 2 N–H and O–H groups in total. The van der Waals surface area contributed by atoms with Gasteiger partial charge in [-0.3, -0.25) is 4.79 Å². The van der Waals surface area contributed by atoms with E-state index in [1.165, 1.54) is 25.7 Å². The molecule has 0 aliphatic heterocycles. The molecule has 1 rings (SSSR count). The normalized spacial score (nSPS) is 18.3. The quantitative estimate of drug-likeness (QED) is 0.602. The Hall–Kier alpha value is -0.570. The molecule has 3 heteroatoms. The van der Waals surface area contributed by atoms with Gasteiger partial charge in [-0.2, -0.15) is 0 Å². The smallest absolute Gasteiger partial charge is 0.236 e. The van der Waals surface area contributed by atoms with E-state index in [-0.39, 0.29) is 11.9 Å². The number of amides is 1. The lowest BCUT2D eigenvalue weighted by Crippen LogP contribution is -2.40. The van der Waals surface area contributed by atoms with Crippen molar-refractivity contribution in [2.75, 3.05) is 13.6 Å². The molecule has 76 valence electrons. The molecule has 1 saturated carbocycles. The first-order valence-corrected chi connectivity index (χ1v) is 5.19. The molecule has 1 aliphatic rings. The van der Waals surface area contributed by atoms with Crippen LogP contribution in [-0.2, 0) is 4.79 Å². The van der Waals surface area contributed by atoms with Gasteiger partial charge in [0.25, 0.3) is 0 Å². The van der Waals surface area contributed by atoms with Crippen LogP contribution in [0.15, 0.2) is 0 Å². The van der Waals surface area contributed by atoms with Gasteiger partial charge in [-0.15, -0.1) is 0 Å². The maximum absolute atomic E-state index is 11.1. The van der Waals surface area contributed by atoms with Crippen LogP contribution in [0.1, 0.15) is 32.6 Å². The fourth-order valence-electron chi connectivity index (χ4n) is 1.43. The summed E-state index contributed by atoms with van der Waals surface area (Å²) in [7, 11) is 1.67. The lowest BCUT2D eigenvalue weighted by molar-refractivity contribution is -0.122. The van der Waals surface area contributed by atoms with Gasteiger partial charge in [-0.05, 0) is 32.2 Å². The third kappa shape index (κ3) is 4.27. The van der Waals surface area contributed by atoms with Gasteiger partial charge in [0.1, 0.15) is 0 Å². The molecule has 0 bridgehead atoms. The average Bonchev–Trinajstić information content (AvgIpc) is 2.94. The minimum atomic E-state index is -0.0517. The van der Waals surface area contributed by atoms with Crippen molar-refractivity contribution >= 4 is 5.91 Å². The van der Waals surface area contributed by atoms with Crippen molar-refractivity contribution in [3.05, 3.63) is 0 Å². The largest absolute Gasteiger partial charge is 0.358 e. The number of hydrogen-bond acceptors (Lipinski definition) is 2. The third-order valence-corrected chi connectivity index (χ3v) is 2.58. The molecule has 0 aromatic heterocycles. The van der Waals surface area contributed by atoms with Crippen molar-refractivity contribution in [3.8, 4) is 0 Å². The number of rotatable bonds is 6. The molecule has 0 saturated heterocycles. The predicted octanol–water partition coefficient (Wildman–Crippen LogP) is 0.901. The van der Waals surface area contributed by atoms with Crippen molar-refractivity contribution in [2.24, 2.45) is 5.92 Å². The summed E-state index contributed by atoms with van der Waals surface area (Å²) in [6, 6.07) is -0.0517. The first kappa shape index (κ1) is 10.5. The lowest BCUT2D eigenvalue weighted by Gasteiger charge is -2.11. The van der Waals surface area contributed by atoms with Crippen molar-refractivity contribution in [3.63, 3.8) is 0 Å². The molecular weight excluding hydrogens is 164 g/mol. The highest BCUT2D eigenvalue weighted by Crippen LogP contribution is 2.33. The molecule has 1 amide bonds. The Kier molecular flexibility index (Phi) is 4.22.